The molecule has 1 saturated carbocycles. The number of hydrogen-bond donors (Lipinski definition) is 2. The van der Waals surface area contributed by atoms with Gasteiger partial charge in [-0.2, -0.15) is 0 Å². The lowest BCUT2D eigenvalue weighted by Gasteiger charge is -2.34. The van der Waals surface area contributed by atoms with Crippen LogP contribution in [-0.2, 0) is 11.3 Å². The molecule has 18 heavy (non-hydrogen) atoms. The Morgan fingerprint density at radius 1 is 1.17 bits per heavy atom. The Labute approximate surface area is 122 Å². The lowest BCUT2D eigenvalue weighted by atomic mass is 9.83. The van der Waals surface area contributed by atoms with Crippen LogP contribution in [0.2, 0.25) is 0 Å². The van der Waals surface area contributed by atoms with Crippen molar-refractivity contribution < 1.29 is 4.74 Å². The molecule has 3 rings (SSSR count). The largest absolute Gasteiger partial charge is 0.373 e. The van der Waals surface area contributed by atoms with E-state index in [1.165, 1.54) is 24.8 Å². The molecule has 2 aliphatic rings. The smallest absolute Gasteiger partial charge is 0.0795 e. The van der Waals surface area contributed by atoms with E-state index in [2.05, 4.69) is 57.7 Å². The molecule has 0 bridgehead atoms. The van der Waals surface area contributed by atoms with Gasteiger partial charge in [0.25, 0.3) is 0 Å². The summed E-state index contributed by atoms with van der Waals surface area (Å²) in [6.07, 6.45) is 4.10. The number of hydrogen-bond acceptors (Lipinski definition) is 3. The summed E-state index contributed by atoms with van der Waals surface area (Å²) in [4.78, 5) is 0. The highest BCUT2D eigenvalue weighted by Crippen LogP contribution is 2.35. The van der Waals surface area contributed by atoms with Gasteiger partial charge in [0.2, 0.25) is 0 Å². The molecular weight excluding hydrogens is 339 g/mol. The van der Waals surface area contributed by atoms with E-state index in [1.807, 2.05) is 6.07 Å². The summed E-state index contributed by atoms with van der Waals surface area (Å²) in [7, 11) is 0. The second-order valence-corrected chi connectivity index (χ2v) is 6.48. The van der Waals surface area contributed by atoms with E-state index in [9.17, 15) is 0 Å². The molecule has 1 aromatic rings. The van der Waals surface area contributed by atoms with E-state index in [4.69, 9.17) is 4.74 Å². The minimum Gasteiger partial charge on any atom is -0.373 e. The number of alkyl halides is 1. The first-order chi connectivity index (χ1) is 8.84. The molecule has 98 valence electrons. The van der Waals surface area contributed by atoms with Gasteiger partial charge in [0.05, 0.1) is 16.8 Å². The highest BCUT2D eigenvalue weighted by Gasteiger charge is 2.42. The minimum absolute atomic E-state index is 0.383. The third-order valence-electron chi connectivity index (χ3n) is 3.95. The van der Waals surface area contributed by atoms with Crippen molar-refractivity contribution in [2.24, 2.45) is 5.92 Å². The normalized spacial score (nSPS) is 35.4. The van der Waals surface area contributed by atoms with Gasteiger partial charge >= 0.3 is 0 Å². The van der Waals surface area contributed by atoms with Crippen molar-refractivity contribution in [1.29, 1.82) is 0 Å². The van der Waals surface area contributed by atoms with Crippen LogP contribution in [-0.4, -0.2) is 16.2 Å². The van der Waals surface area contributed by atoms with Crippen LogP contribution in [0.25, 0.3) is 0 Å². The minimum atomic E-state index is 0.383. The second kappa shape index (κ2) is 5.86. The maximum atomic E-state index is 6.17. The first-order valence-electron chi connectivity index (χ1n) is 6.65. The molecule has 0 aromatic heterocycles. The Kier molecular flexibility index (Phi) is 4.18. The van der Waals surface area contributed by atoms with Gasteiger partial charge in [-0.05, 0) is 24.8 Å². The lowest BCUT2D eigenvalue weighted by Crippen LogP contribution is -2.41. The summed E-state index contributed by atoms with van der Waals surface area (Å²) in [6, 6.07) is 11.0. The zero-order valence-electron chi connectivity index (χ0n) is 10.3. The van der Waals surface area contributed by atoms with Gasteiger partial charge in [0.15, 0.2) is 0 Å². The van der Waals surface area contributed by atoms with Gasteiger partial charge in [-0.15, -0.1) is 0 Å². The van der Waals surface area contributed by atoms with Crippen molar-refractivity contribution in [2.45, 2.75) is 42.1 Å². The fraction of sp³-hybridized carbons (Fsp3) is 0.571. The van der Waals surface area contributed by atoms with Gasteiger partial charge in [-0.25, -0.2) is 5.43 Å². The summed E-state index contributed by atoms with van der Waals surface area (Å²) in [6.45, 7) is 0.734. The highest BCUT2D eigenvalue weighted by molar-refractivity contribution is 14.1. The molecule has 0 spiro atoms. The van der Waals surface area contributed by atoms with Crippen molar-refractivity contribution in [3.05, 3.63) is 35.9 Å². The zero-order valence-corrected chi connectivity index (χ0v) is 12.5. The summed E-state index contributed by atoms with van der Waals surface area (Å²) in [5, 5.41) is 0. The predicted octanol–water partition coefficient (Wildman–Crippen LogP) is 2.61. The fourth-order valence-electron chi connectivity index (χ4n) is 3.00. The lowest BCUT2D eigenvalue weighted by molar-refractivity contribution is -0.0210. The van der Waals surface area contributed by atoms with Crippen molar-refractivity contribution in [3.63, 3.8) is 0 Å². The number of rotatable bonds is 3. The van der Waals surface area contributed by atoms with Crippen LogP contribution in [0.4, 0.5) is 0 Å². The number of halogens is 1. The van der Waals surface area contributed by atoms with Crippen LogP contribution < -0.4 is 10.9 Å². The predicted molar refractivity (Wildman–Crippen MR) is 80.2 cm³/mol. The Morgan fingerprint density at radius 3 is 2.83 bits per heavy atom. The molecule has 3 nitrogen and oxygen atoms in total. The quantitative estimate of drug-likeness (QED) is 0.495. The molecule has 4 atom stereocenters. The molecule has 4 unspecified atom stereocenters. The molecule has 4 heteroatoms. The highest BCUT2D eigenvalue weighted by atomic mass is 127. The SMILES string of the molecule is IC1NNC2CCCC(OCc3ccccc3)C12. The number of fused-ring (bicyclic) bond motifs is 1. The topological polar surface area (TPSA) is 33.3 Å². The molecule has 1 heterocycles. The van der Waals surface area contributed by atoms with Gasteiger partial charge in [0.1, 0.15) is 0 Å². The van der Waals surface area contributed by atoms with Gasteiger partial charge in [-0.3, -0.25) is 5.43 Å². The number of benzene rings is 1. The molecule has 2 N–H and O–H groups in total. The first-order valence-corrected chi connectivity index (χ1v) is 7.90. The third-order valence-corrected chi connectivity index (χ3v) is 5.09. The van der Waals surface area contributed by atoms with Crippen molar-refractivity contribution >= 4 is 22.6 Å². The average Bonchev–Trinajstić information content (AvgIpc) is 2.80. The van der Waals surface area contributed by atoms with Crippen LogP contribution in [0.3, 0.4) is 0 Å². The van der Waals surface area contributed by atoms with Gasteiger partial charge in [0, 0.05) is 12.0 Å². The molecule has 1 saturated heterocycles. The second-order valence-electron chi connectivity index (χ2n) is 5.14. The molecule has 1 aliphatic heterocycles. The van der Waals surface area contributed by atoms with E-state index in [1.54, 1.807) is 0 Å². The maximum absolute atomic E-state index is 6.17. The number of ether oxygens (including phenoxy) is 1. The van der Waals surface area contributed by atoms with Crippen LogP contribution in [0.1, 0.15) is 24.8 Å². The summed E-state index contributed by atoms with van der Waals surface area (Å²) >= 11 is 2.48. The Balaban J connectivity index is 1.61. The monoisotopic (exact) mass is 358 g/mol. The molecule has 0 radical (unpaired) electrons. The third kappa shape index (κ3) is 2.71. The number of hydrazine groups is 1. The van der Waals surface area contributed by atoms with Crippen molar-refractivity contribution in [1.82, 2.24) is 10.9 Å². The number of nitrogens with one attached hydrogen (secondary N) is 2. The van der Waals surface area contributed by atoms with Crippen LogP contribution in [0.5, 0.6) is 0 Å². The molecule has 0 amide bonds. The van der Waals surface area contributed by atoms with E-state index in [0.717, 1.165) is 6.61 Å². The summed E-state index contributed by atoms with van der Waals surface area (Å²) in [5.74, 6) is 0.600. The molecule has 1 aromatic carbocycles. The van der Waals surface area contributed by atoms with Crippen LogP contribution in [0, 0.1) is 5.92 Å². The Morgan fingerprint density at radius 2 is 2.00 bits per heavy atom. The van der Waals surface area contributed by atoms with E-state index < -0.39 is 0 Å². The zero-order chi connectivity index (χ0) is 12.4. The van der Waals surface area contributed by atoms with Crippen molar-refractivity contribution in [2.75, 3.05) is 0 Å². The molecule has 1 aliphatic carbocycles. The molecular formula is C14H19IN2O. The Hall–Kier alpha value is -0.170. The summed E-state index contributed by atoms with van der Waals surface area (Å²) < 4.78 is 6.65. The van der Waals surface area contributed by atoms with Gasteiger partial charge < -0.3 is 4.74 Å². The fourth-order valence-corrected chi connectivity index (χ4v) is 4.14. The summed E-state index contributed by atoms with van der Waals surface area (Å²) in [5.41, 5.74) is 8.01. The Bertz CT molecular complexity index is 385. The van der Waals surface area contributed by atoms with E-state index in [-0.39, 0.29) is 0 Å². The average molecular weight is 358 g/mol. The first kappa shape index (κ1) is 12.8. The maximum Gasteiger partial charge on any atom is 0.0795 e. The standard InChI is InChI=1S/C14H19IN2O/c15-14-13-11(16-17-14)7-4-8-12(13)18-9-10-5-2-1-3-6-10/h1-3,5-6,11-14,16-17H,4,7-9H2. The molecule has 2 fully saturated rings. The van der Waals surface area contributed by atoms with Crippen molar-refractivity contribution in [3.8, 4) is 0 Å². The van der Waals surface area contributed by atoms with Crippen LogP contribution in [0.15, 0.2) is 30.3 Å². The van der Waals surface area contributed by atoms with E-state index >= 15 is 0 Å². The van der Waals surface area contributed by atoms with Crippen LogP contribution >= 0.6 is 22.6 Å². The van der Waals surface area contributed by atoms with E-state index in [0.29, 0.717) is 22.1 Å². The van der Waals surface area contributed by atoms with Gasteiger partial charge in [-0.1, -0.05) is 52.9 Å².